The van der Waals surface area contributed by atoms with Gasteiger partial charge in [0.2, 0.25) is 0 Å². The van der Waals surface area contributed by atoms with Crippen LogP contribution in [0.3, 0.4) is 0 Å². The van der Waals surface area contributed by atoms with Crippen LogP contribution in [0.1, 0.15) is 36.6 Å². The lowest BCUT2D eigenvalue weighted by Crippen LogP contribution is -2.10. The first-order valence-electron chi connectivity index (χ1n) is 7.34. The Morgan fingerprint density at radius 2 is 1.95 bits per heavy atom. The van der Waals surface area contributed by atoms with Gasteiger partial charge in [0, 0.05) is 12.0 Å². The number of ether oxygens (including phenoxy) is 2. The number of rotatable bonds is 4. The Labute approximate surface area is 125 Å². The Morgan fingerprint density at radius 1 is 1.14 bits per heavy atom. The first-order chi connectivity index (χ1) is 10.1. The first kappa shape index (κ1) is 14.0. The van der Waals surface area contributed by atoms with E-state index >= 15 is 0 Å². The van der Waals surface area contributed by atoms with Crippen LogP contribution in [0.4, 0.5) is 0 Å². The van der Waals surface area contributed by atoms with E-state index in [9.17, 15) is 5.11 Å². The lowest BCUT2D eigenvalue weighted by Gasteiger charge is -2.18. The van der Waals surface area contributed by atoms with E-state index < -0.39 is 6.10 Å². The second-order valence-corrected chi connectivity index (χ2v) is 5.57. The van der Waals surface area contributed by atoms with Crippen molar-refractivity contribution in [3.8, 4) is 11.5 Å². The zero-order valence-electron chi connectivity index (χ0n) is 12.4. The number of aliphatic hydroxyl groups excluding tert-OH is 1. The van der Waals surface area contributed by atoms with Crippen LogP contribution in [0.25, 0.3) is 0 Å². The fourth-order valence-electron chi connectivity index (χ4n) is 2.62. The van der Waals surface area contributed by atoms with Crippen LogP contribution >= 0.6 is 0 Å². The van der Waals surface area contributed by atoms with Gasteiger partial charge in [0.25, 0.3) is 0 Å². The maximum atomic E-state index is 10.7. The van der Waals surface area contributed by atoms with Crippen molar-refractivity contribution in [1.29, 1.82) is 0 Å². The summed E-state index contributed by atoms with van der Waals surface area (Å²) in [5.74, 6) is 1.66. The Morgan fingerprint density at radius 3 is 2.76 bits per heavy atom. The third-order valence-electron chi connectivity index (χ3n) is 3.61. The molecule has 2 aromatic carbocycles. The van der Waals surface area contributed by atoms with Gasteiger partial charge in [-0.15, -0.1) is 0 Å². The molecular formula is C18H20O3. The summed E-state index contributed by atoms with van der Waals surface area (Å²) < 4.78 is 11.3. The fraction of sp³-hybridized carbons (Fsp3) is 0.333. The van der Waals surface area contributed by atoms with Crippen LogP contribution in [-0.4, -0.2) is 17.8 Å². The second kappa shape index (κ2) is 5.78. The van der Waals surface area contributed by atoms with Crippen molar-refractivity contribution >= 4 is 0 Å². The highest BCUT2D eigenvalue weighted by Gasteiger charge is 2.19. The van der Waals surface area contributed by atoms with Crippen LogP contribution < -0.4 is 9.47 Å². The number of hydrogen-bond donors (Lipinski definition) is 1. The lowest BCUT2D eigenvalue weighted by molar-refractivity contribution is 0.198. The van der Waals surface area contributed by atoms with E-state index in [2.05, 4.69) is 0 Å². The SMILES string of the molecule is CC(C)Oc1ccccc1C(O)c1ccc2c(c1)CCO2. The van der Waals surface area contributed by atoms with Crippen molar-refractivity contribution in [2.75, 3.05) is 6.61 Å². The summed E-state index contributed by atoms with van der Waals surface area (Å²) in [6.45, 7) is 4.69. The highest BCUT2D eigenvalue weighted by atomic mass is 16.5. The van der Waals surface area contributed by atoms with Gasteiger partial charge in [0.1, 0.15) is 17.6 Å². The van der Waals surface area contributed by atoms with Gasteiger partial charge in [-0.05, 0) is 43.2 Å². The average Bonchev–Trinajstić information content (AvgIpc) is 2.94. The van der Waals surface area contributed by atoms with Crippen LogP contribution in [0, 0.1) is 0 Å². The molecule has 1 aliphatic heterocycles. The third-order valence-corrected chi connectivity index (χ3v) is 3.61. The highest BCUT2D eigenvalue weighted by molar-refractivity contribution is 5.45. The number of benzene rings is 2. The van der Waals surface area contributed by atoms with E-state index in [1.165, 1.54) is 0 Å². The summed E-state index contributed by atoms with van der Waals surface area (Å²) in [5.41, 5.74) is 2.83. The summed E-state index contributed by atoms with van der Waals surface area (Å²) in [6, 6.07) is 13.5. The summed E-state index contributed by atoms with van der Waals surface area (Å²) in [6.07, 6.45) is 0.289. The van der Waals surface area contributed by atoms with Gasteiger partial charge in [0.05, 0.1) is 12.7 Å². The maximum absolute atomic E-state index is 10.7. The zero-order chi connectivity index (χ0) is 14.8. The number of hydrogen-bond acceptors (Lipinski definition) is 3. The van der Waals surface area contributed by atoms with E-state index in [1.807, 2.05) is 56.3 Å². The highest BCUT2D eigenvalue weighted by Crippen LogP contribution is 2.34. The van der Waals surface area contributed by atoms with Crippen LogP contribution in [0.2, 0.25) is 0 Å². The molecule has 21 heavy (non-hydrogen) atoms. The van der Waals surface area contributed by atoms with Gasteiger partial charge in [-0.3, -0.25) is 0 Å². The van der Waals surface area contributed by atoms with Crippen LogP contribution in [0.5, 0.6) is 11.5 Å². The molecule has 1 heterocycles. The number of para-hydroxylation sites is 1. The quantitative estimate of drug-likeness (QED) is 0.934. The van der Waals surface area contributed by atoms with Gasteiger partial charge >= 0.3 is 0 Å². The summed E-state index contributed by atoms with van der Waals surface area (Å²) in [7, 11) is 0. The molecule has 1 unspecified atom stereocenters. The third kappa shape index (κ3) is 2.88. The molecule has 2 aromatic rings. The molecule has 0 amide bonds. The number of aliphatic hydroxyl groups is 1. The van der Waals surface area contributed by atoms with E-state index in [-0.39, 0.29) is 6.10 Å². The van der Waals surface area contributed by atoms with Crippen LogP contribution in [0.15, 0.2) is 42.5 Å². The van der Waals surface area contributed by atoms with Gasteiger partial charge in [-0.25, -0.2) is 0 Å². The van der Waals surface area contributed by atoms with Gasteiger partial charge in [0.15, 0.2) is 0 Å². The van der Waals surface area contributed by atoms with Crippen molar-refractivity contribution in [2.45, 2.75) is 32.5 Å². The van der Waals surface area contributed by atoms with E-state index in [4.69, 9.17) is 9.47 Å². The first-order valence-corrected chi connectivity index (χ1v) is 7.34. The molecule has 0 bridgehead atoms. The topological polar surface area (TPSA) is 38.7 Å². The predicted molar refractivity (Wildman–Crippen MR) is 81.9 cm³/mol. The average molecular weight is 284 g/mol. The molecule has 0 fully saturated rings. The normalized spacial score (nSPS) is 14.7. The maximum Gasteiger partial charge on any atom is 0.125 e. The molecule has 0 saturated heterocycles. The Bertz CT molecular complexity index is 634. The summed E-state index contributed by atoms with van der Waals surface area (Å²) in [4.78, 5) is 0. The molecule has 1 atom stereocenters. The minimum absolute atomic E-state index is 0.0757. The lowest BCUT2D eigenvalue weighted by atomic mass is 9.98. The predicted octanol–water partition coefficient (Wildman–Crippen LogP) is 3.49. The molecule has 3 rings (SSSR count). The second-order valence-electron chi connectivity index (χ2n) is 5.57. The molecule has 3 nitrogen and oxygen atoms in total. The molecule has 0 aromatic heterocycles. The molecular weight excluding hydrogens is 264 g/mol. The fourth-order valence-corrected chi connectivity index (χ4v) is 2.62. The standard InChI is InChI=1S/C18H20O3/c1-12(2)21-17-6-4-3-5-15(17)18(19)14-7-8-16-13(11-14)9-10-20-16/h3-8,11-12,18-19H,9-10H2,1-2H3. The largest absolute Gasteiger partial charge is 0.493 e. The smallest absolute Gasteiger partial charge is 0.125 e. The molecule has 0 saturated carbocycles. The van der Waals surface area contributed by atoms with Crippen molar-refractivity contribution in [3.05, 3.63) is 59.2 Å². The minimum atomic E-state index is -0.689. The van der Waals surface area contributed by atoms with Crippen LogP contribution in [-0.2, 0) is 6.42 Å². The monoisotopic (exact) mass is 284 g/mol. The van der Waals surface area contributed by atoms with E-state index in [1.54, 1.807) is 0 Å². The minimum Gasteiger partial charge on any atom is -0.493 e. The molecule has 0 radical (unpaired) electrons. The molecule has 3 heteroatoms. The van der Waals surface area contributed by atoms with Crippen molar-refractivity contribution in [2.24, 2.45) is 0 Å². The molecule has 1 N–H and O–H groups in total. The van der Waals surface area contributed by atoms with E-state index in [0.29, 0.717) is 0 Å². The van der Waals surface area contributed by atoms with Gasteiger partial charge in [-0.1, -0.05) is 24.3 Å². The molecule has 110 valence electrons. The van der Waals surface area contributed by atoms with Gasteiger partial charge < -0.3 is 14.6 Å². The summed E-state index contributed by atoms with van der Waals surface area (Å²) >= 11 is 0. The van der Waals surface area contributed by atoms with Gasteiger partial charge in [-0.2, -0.15) is 0 Å². The molecule has 0 aliphatic carbocycles. The number of fused-ring (bicyclic) bond motifs is 1. The van der Waals surface area contributed by atoms with Crippen molar-refractivity contribution in [3.63, 3.8) is 0 Å². The van der Waals surface area contributed by atoms with E-state index in [0.717, 1.165) is 41.2 Å². The molecule has 0 spiro atoms. The summed E-state index contributed by atoms with van der Waals surface area (Å²) in [5, 5.41) is 10.7. The zero-order valence-corrected chi connectivity index (χ0v) is 12.4. The molecule has 1 aliphatic rings. The Balaban J connectivity index is 1.93. The van der Waals surface area contributed by atoms with Crippen molar-refractivity contribution < 1.29 is 14.6 Å². The Hall–Kier alpha value is -2.00. The Kier molecular flexibility index (Phi) is 3.84. The van der Waals surface area contributed by atoms with Crippen molar-refractivity contribution in [1.82, 2.24) is 0 Å².